The number of nitrogens with zero attached hydrogens (tertiary/aromatic N) is 2. The molecular weight excluding hydrogens is 332 g/mol. The normalized spacial score (nSPS) is 13.2. The van der Waals surface area contributed by atoms with Crippen molar-refractivity contribution in [3.63, 3.8) is 0 Å². The van der Waals surface area contributed by atoms with Gasteiger partial charge in [0.25, 0.3) is 11.8 Å². The van der Waals surface area contributed by atoms with E-state index in [9.17, 15) is 14.4 Å². The topological polar surface area (TPSA) is 76.6 Å². The molecular formula is C20H14N2O4. The van der Waals surface area contributed by atoms with Crippen LogP contribution in [-0.2, 0) is 4.74 Å². The lowest BCUT2D eigenvalue weighted by Gasteiger charge is -2.14. The average Bonchev–Trinajstić information content (AvgIpc) is 2.92. The van der Waals surface area contributed by atoms with Gasteiger partial charge in [0.1, 0.15) is 5.69 Å². The van der Waals surface area contributed by atoms with Crippen molar-refractivity contribution in [2.75, 3.05) is 11.5 Å². The monoisotopic (exact) mass is 346 g/mol. The quantitative estimate of drug-likeness (QED) is 0.538. The third-order valence-electron chi connectivity index (χ3n) is 4.21. The summed E-state index contributed by atoms with van der Waals surface area (Å²) in [5.74, 6) is -1.25. The highest BCUT2D eigenvalue weighted by molar-refractivity contribution is 6.34. The fraction of sp³-hybridized carbons (Fsp3) is 0.100. The van der Waals surface area contributed by atoms with Crippen molar-refractivity contribution in [3.05, 3.63) is 71.4 Å². The molecule has 26 heavy (non-hydrogen) atoms. The Balaban J connectivity index is 1.77. The van der Waals surface area contributed by atoms with Crippen molar-refractivity contribution in [2.24, 2.45) is 0 Å². The van der Waals surface area contributed by atoms with Crippen molar-refractivity contribution < 1.29 is 19.1 Å². The Morgan fingerprint density at radius 3 is 2.31 bits per heavy atom. The number of imide groups is 1. The van der Waals surface area contributed by atoms with Crippen LogP contribution < -0.4 is 4.90 Å². The molecule has 6 nitrogen and oxygen atoms in total. The van der Waals surface area contributed by atoms with Crippen LogP contribution >= 0.6 is 0 Å². The van der Waals surface area contributed by atoms with E-state index < -0.39 is 5.97 Å². The Hall–Kier alpha value is -3.54. The van der Waals surface area contributed by atoms with E-state index in [1.165, 1.54) is 0 Å². The Morgan fingerprint density at radius 1 is 1.00 bits per heavy atom. The number of carbonyl (C=O) groups excluding carboxylic acids is 3. The number of carbonyl (C=O) groups is 3. The van der Waals surface area contributed by atoms with Gasteiger partial charge in [0.05, 0.1) is 28.9 Å². The molecule has 0 N–H and O–H groups in total. The molecule has 0 atom stereocenters. The van der Waals surface area contributed by atoms with Crippen LogP contribution in [0.2, 0.25) is 0 Å². The fourth-order valence-corrected chi connectivity index (χ4v) is 2.99. The Bertz CT molecular complexity index is 1040. The molecule has 0 unspecified atom stereocenters. The number of pyridine rings is 1. The van der Waals surface area contributed by atoms with Crippen molar-refractivity contribution in [1.29, 1.82) is 0 Å². The second-order valence-corrected chi connectivity index (χ2v) is 5.79. The number of rotatable bonds is 3. The van der Waals surface area contributed by atoms with E-state index in [-0.39, 0.29) is 24.1 Å². The van der Waals surface area contributed by atoms with E-state index in [4.69, 9.17) is 4.74 Å². The van der Waals surface area contributed by atoms with Crippen LogP contribution in [0.5, 0.6) is 0 Å². The molecule has 128 valence electrons. The highest BCUT2D eigenvalue weighted by Crippen LogP contribution is 2.30. The standard InChI is InChI=1S/C20H14N2O4/c1-2-26-20(25)16-10-8-12-7-9-13(11-17(12)21-16)22-18(23)14-5-3-4-6-15(14)19(22)24/h3-11H,2H2,1H3. The third-order valence-corrected chi connectivity index (χ3v) is 4.21. The summed E-state index contributed by atoms with van der Waals surface area (Å²) in [6.45, 7) is 1.98. The van der Waals surface area contributed by atoms with Crippen LogP contribution in [0.4, 0.5) is 5.69 Å². The van der Waals surface area contributed by atoms with Crippen LogP contribution in [0.25, 0.3) is 10.9 Å². The average molecular weight is 346 g/mol. The van der Waals surface area contributed by atoms with Gasteiger partial charge in [0.15, 0.2) is 0 Å². The van der Waals surface area contributed by atoms with Gasteiger partial charge in [0, 0.05) is 5.39 Å². The summed E-state index contributed by atoms with van der Waals surface area (Å²) in [4.78, 5) is 42.5. The Kier molecular flexibility index (Phi) is 3.73. The van der Waals surface area contributed by atoms with Crippen molar-refractivity contribution >= 4 is 34.4 Å². The third kappa shape index (κ3) is 2.43. The number of ether oxygens (including phenoxy) is 1. The van der Waals surface area contributed by atoms with Gasteiger partial charge in [-0.05, 0) is 37.3 Å². The smallest absolute Gasteiger partial charge is 0.356 e. The second kappa shape index (κ2) is 6.07. The molecule has 2 aromatic carbocycles. The lowest BCUT2D eigenvalue weighted by atomic mass is 10.1. The second-order valence-electron chi connectivity index (χ2n) is 5.79. The molecule has 0 aliphatic carbocycles. The molecule has 4 rings (SSSR count). The number of esters is 1. The summed E-state index contributed by atoms with van der Waals surface area (Å²) in [6, 6.07) is 15.1. The van der Waals surface area contributed by atoms with Crippen LogP contribution in [0.15, 0.2) is 54.6 Å². The van der Waals surface area contributed by atoms with Crippen molar-refractivity contribution in [1.82, 2.24) is 4.98 Å². The lowest BCUT2D eigenvalue weighted by Crippen LogP contribution is -2.29. The Labute approximate surface area is 149 Å². The van der Waals surface area contributed by atoms with Crippen molar-refractivity contribution in [3.8, 4) is 0 Å². The maximum atomic E-state index is 12.6. The van der Waals surface area contributed by atoms with Gasteiger partial charge in [-0.3, -0.25) is 9.59 Å². The Morgan fingerprint density at radius 2 is 1.65 bits per heavy atom. The highest BCUT2D eigenvalue weighted by Gasteiger charge is 2.36. The van der Waals surface area contributed by atoms with E-state index in [2.05, 4.69) is 4.98 Å². The van der Waals surface area contributed by atoms with Gasteiger partial charge in [-0.25, -0.2) is 14.7 Å². The van der Waals surface area contributed by atoms with Crippen LogP contribution in [-0.4, -0.2) is 29.4 Å². The van der Waals surface area contributed by atoms with Gasteiger partial charge in [-0.15, -0.1) is 0 Å². The summed E-state index contributed by atoms with van der Waals surface area (Å²) in [5.41, 5.74) is 1.86. The first-order valence-electron chi connectivity index (χ1n) is 8.16. The summed E-state index contributed by atoms with van der Waals surface area (Å²) in [7, 11) is 0. The minimum atomic E-state index is -0.513. The number of hydrogen-bond acceptors (Lipinski definition) is 5. The predicted molar refractivity (Wildman–Crippen MR) is 95.3 cm³/mol. The van der Waals surface area contributed by atoms with Gasteiger partial charge in [0.2, 0.25) is 0 Å². The molecule has 0 saturated carbocycles. The van der Waals surface area contributed by atoms with Crippen LogP contribution in [0, 0.1) is 0 Å². The SMILES string of the molecule is CCOC(=O)c1ccc2ccc(N3C(=O)c4ccccc4C3=O)cc2n1. The number of hydrogen-bond donors (Lipinski definition) is 0. The first-order chi connectivity index (χ1) is 12.6. The van der Waals surface area contributed by atoms with E-state index in [1.807, 2.05) is 0 Å². The first-order valence-corrected chi connectivity index (χ1v) is 8.16. The van der Waals surface area contributed by atoms with Crippen LogP contribution in [0.3, 0.4) is 0 Å². The molecule has 1 aliphatic rings. The fourth-order valence-electron chi connectivity index (χ4n) is 2.99. The molecule has 0 radical (unpaired) electrons. The predicted octanol–water partition coefficient (Wildman–Crippen LogP) is 3.21. The number of benzene rings is 2. The van der Waals surface area contributed by atoms with Gasteiger partial charge in [-0.1, -0.05) is 24.3 Å². The molecule has 6 heteroatoms. The summed E-state index contributed by atoms with van der Waals surface area (Å²) >= 11 is 0. The van der Waals surface area contributed by atoms with Gasteiger partial charge >= 0.3 is 5.97 Å². The molecule has 1 aromatic heterocycles. The van der Waals surface area contributed by atoms with E-state index in [1.54, 1.807) is 61.5 Å². The van der Waals surface area contributed by atoms with Gasteiger partial charge in [-0.2, -0.15) is 0 Å². The largest absolute Gasteiger partial charge is 0.461 e. The number of anilines is 1. The molecule has 0 saturated heterocycles. The van der Waals surface area contributed by atoms with Gasteiger partial charge < -0.3 is 4.74 Å². The molecule has 3 aromatic rings. The lowest BCUT2D eigenvalue weighted by molar-refractivity contribution is 0.0519. The first kappa shape index (κ1) is 16.0. The summed E-state index contributed by atoms with van der Waals surface area (Å²) < 4.78 is 4.96. The molecule has 0 bridgehead atoms. The minimum Gasteiger partial charge on any atom is -0.461 e. The summed E-state index contributed by atoms with van der Waals surface area (Å²) in [6.07, 6.45) is 0. The van der Waals surface area contributed by atoms with Crippen LogP contribution in [0.1, 0.15) is 38.1 Å². The maximum Gasteiger partial charge on any atom is 0.356 e. The van der Waals surface area contributed by atoms with Crippen molar-refractivity contribution in [2.45, 2.75) is 6.92 Å². The molecule has 2 heterocycles. The zero-order valence-corrected chi connectivity index (χ0v) is 13.9. The minimum absolute atomic E-state index is 0.180. The molecule has 0 fully saturated rings. The number of fused-ring (bicyclic) bond motifs is 2. The van der Waals surface area contributed by atoms with E-state index in [0.717, 1.165) is 10.3 Å². The molecule has 1 aliphatic heterocycles. The molecule has 0 spiro atoms. The number of amides is 2. The maximum absolute atomic E-state index is 12.6. The van der Waals surface area contributed by atoms with E-state index >= 15 is 0 Å². The summed E-state index contributed by atoms with van der Waals surface area (Å²) in [5, 5.41) is 0.790. The molecule has 2 amide bonds. The highest BCUT2D eigenvalue weighted by atomic mass is 16.5. The number of aromatic nitrogens is 1. The zero-order chi connectivity index (χ0) is 18.3. The zero-order valence-electron chi connectivity index (χ0n) is 13.9. The van der Waals surface area contributed by atoms with E-state index in [0.29, 0.717) is 22.3 Å².